The molecule has 1 N–H and O–H groups in total. The molecule has 0 unspecified atom stereocenters. The summed E-state index contributed by atoms with van der Waals surface area (Å²) in [6, 6.07) is 13.7. The van der Waals surface area contributed by atoms with E-state index in [0.717, 1.165) is 43.3 Å². The molecule has 0 aliphatic carbocycles. The van der Waals surface area contributed by atoms with E-state index in [-0.39, 0.29) is 11.7 Å². The lowest BCUT2D eigenvalue weighted by molar-refractivity contribution is -0.113. The number of hydrogen-bond acceptors (Lipinski definition) is 4. The number of hydrogen-bond donors (Lipinski definition) is 1. The molecule has 27 heavy (non-hydrogen) atoms. The van der Waals surface area contributed by atoms with E-state index in [0.29, 0.717) is 0 Å². The van der Waals surface area contributed by atoms with Crippen molar-refractivity contribution in [1.29, 1.82) is 0 Å². The summed E-state index contributed by atoms with van der Waals surface area (Å²) in [6.45, 7) is 4.84. The number of halogens is 2. The van der Waals surface area contributed by atoms with Crippen LogP contribution in [-0.2, 0) is 11.3 Å². The molecule has 3 aromatic rings. The predicted octanol–water partition coefficient (Wildman–Crippen LogP) is 5.53. The first-order valence-electron chi connectivity index (χ1n) is 8.36. The molecule has 0 atom stereocenters. The molecular weight excluding hydrogens is 492 g/mol. The predicted molar refractivity (Wildman–Crippen MR) is 117 cm³/mol. The zero-order chi connectivity index (χ0) is 19.4. The van der Waals surface area contributed by atoms with Crippen molar-refractivity contribution in [3.05, 3.63) is 57.0 Å². The lowest BCUT2D eigenvalue weighted by atomic mass is 10.1. The third-order valence-corrected chi connectivity index (χ3v) is 6.11. The van der Waals surface area contributed by atoms with Crippen LogP contribution in [0.4, 0.5) is 5.69 Å². The molecule has 0 aliphatic rings. The Morgan fingerprint density at radius 2 is 1.96 bits per heavy atom. The van der Waals surface area contributed by atoms with Gasteiger partial charge in [-0.05, 0) is 53.5 Å². The average molecular weight is 510 g/mol. The smallest absolute Gasteiger partial charge is 0.234 e. The van der Waals surface area contributed by atoms with Crippen LogP contribution in [0.2, 0.25) is 0 Å². The number of rotatable bonds is 6. The zero-order valence-corrected chi connectivity index (χ0v) is 18.9. The number of amides is 1. The van der Waals surface area contributed by atoms with Gasteiger partial charge >= 0.3 is 0 Å². The standard InChI is InChI=1S/C19H18Br2N4OS/c1-3-25-18(14-7-5-4-6-12(14)2)23-24-19(25)27-11-17(26)22-16-10-13(20)8-9-15(16)21/h4-10H,3,11H2,1-2H3,(H,22,26). The summed E-state index contributed by atoms with van der Waals surface area (Å²) in [4.78, 5) is 12.4. The topological polar surface area (TPSA) is 59.8 Å². The zero-order valence-electron chi connectivity index (χ0n) is 14.9. The van der Waals surface area contributed by atoms with Crippen LogP contribution in [0, 0.1) is 6.92 Å². The normalized spacial score (nSPS) is 10.8. The third kappa shape index (κ3) is 4.80. The second kappa shape index (κ2) is 9.03. The van der Waals surface area contributed by atoms with Crippen molar-refractivity contribution in [3.63, 3.8) is 0 Å². The molecule has 3 rings (SSSR count). The fourth-order valence-corrected chi connectivity index (χ4v) is 4.12. The summed E-state index contributed by atoms with van der Waals surface area (Å²) in [5.41, 5.74) is 2.93. The van der Waals surface area contributed by atoms with E-state index in [9.17, 15) is 4.79 Å². The van der Waals surface area contributed by atoms with Crippen LogP contribution in [0.25, 0.3) is 11.4 Å². The van der Waals surface area contributed by atoms with Gasteiger partial charge in [-0.15, -0.1) is 10.2 Å². The highest BCUT2D eigenvalue weighted by atomic mass is 79.9. The Morgan fingerprint density at radius 1 is 1.19 bits per heavy atom. The lowest BCUT2D eigenvalue weighted by Gasteiger charge is -2.10. The second-order valence-corrected chi connectivity index (χ2v) is 8.54. The largest absolute Gasteiger partial charge is 0.324 e. The van der Waals surface area contributed by atoms with Gasteiger partial charge < -0.3 is 9.88 Å². The highest BCUT2D eigenvalue weighted by Gasteiger charge is 2.16. The van der Waals surface area contributed by atoms with Gasteiger partial charge in [-0.1, -0.05) is 52.0 Å². The maximum absolute atomic E-state index is 12.4. The van der Waals surface area contributed by atoms with E-state index in [1.54, 1.807) is 0 Å². The maximum Gasteiger partial charge on any atom is 0.234 e. The van der Waals surface area contributed by atoms with Crippen molar-refractivity contribution in [1.82, 2.24) is 14.8 Å². The van der Waals surface area contributed by atoms with Crippen LogP contribution in [0.15, 0.2) is 56.6 Å². The maximum atomic E-state index is 12.4. The number of aryl methyl sites for hydroxylation is 1. The minimum atomic E-state index is -0.0955. The van der Waals surface area contributed by atoms with Gasteiger partial charge in [0.05, 0.1) is 11.4 Å². The van der Waals surface area contributed by atoms with Crippen molar-refractivity contribution in [2.24, 2.45) is 0 Å². The molecule has 0 aliphatic heterocycles. The molecule has 8 heteroatoms. The van der Waals surface area contributed by atoms with E-state index in [2.05, 4.69) is 60.4 Å². The summed E-state index contributed by atoms with van der Waals surface area (Å²) in [7, 11) is 0. The van der Waals surface area contributed by atoms with Gasteiger partial charge in [-0.2, -0.15) is 0 Å². The molecular formula is C19H18Br2N4OS. The van der Waals surface area contributed by atoms with Gasteiger partial charge in [-0.3, -0.25) is 4.79 Å². The van der Waals surface area contributed by atoms with E-state index < -0.39 is 0 Å². The Balaban J connectivity index is 1.72. The molecule has 0 spiro atoms. The molecule has 5 nitrogen and oxygen atoms in total. The molecule has 0 fully saturated rings. The highest BCUT2D eigenvalue weighted by Crippen LogP contribution is 2.28. The average Bonchev–Trinajstić information content (AvgIpc) is 3.06. The number of carbonyl (C=O) groups is 1. The second-order valence-electron chi connectivity index (χ2n) is 5.83. The van der Waals surface area contributed by atoms with E-state index in [4.69, 9.17) is 0 Å². The number of carbonyl (C=O) groups excluding carboxylic acids is 1. The SMILES string of the molecule is CCn1c(SCC(=O)Nc2cc(Br)ccc2Br)nnc1-c1ccccc1C. The quantitative estimate of drug-likeness (QED) is 0.444. The van der Waals surface area contributed by atoms with Gasteiger partial charge in [0.15, 0.2) is 11.0 Å². The molecule has 2 aromatic carbocycles. The van der Waals surface area contributed by atoms with E-state index in [1.165, 1.54) is 11.8 Å². The summed E-state index contributed by atoms with van der Waals surface area (Å²) in [5, 5.41) is 12.3. The molecule has 1 amide bonds. The number of nitrogens with zero attached hydrogens (tertiary/aromatic N) is 3. The number of benzene rings is 2. The Hall–Kier alpha value is -1.64. The first kappa shape index (κ1) is 20.1. The summed E-state index contributed by atoms with van der Waals surface area (Å²) < 4.78 is 3.78. The van der Waals surface area contributed by atoms with Crippen LogP contribution in [-0.4, -0.2) is 26.4 Å². The molecule has 1 aromatic heterocycles. The van der Waals surface area contributed by atoms with Crippen LogP contribution in [0.5, 0.6) is 0 Å². The Bertz CT molecular complexity index is 974. The monoisotopic (exact) mass is 508 g/mol. The minimum Gasteiger partial charge on any atom is -0.324 e. The first-order valence-corrected chi connectivity index (χ1v) is 10.9. The highest BCUT2D eigenvalue weighted by molar-refractivity contribution is 9.11. The Morgan fingerprint density at radius 3 is 2.70 bits per heavy atom. The third-order valence-electron chi connectivity index (χ3n) is 3.95. The van der Waals surface area contributed by atoms with Gasteiger partial charge in [-0.25, -0.2) is 0 Å². The minimum absolute atomic E-state index is 0.0955. The summed E-state index contributed by atoms with van der Waals surface area (Å²) in [6.07, 6.45) is 0. The molecule has 1 heterocycles. The van der Waals surface area contributed by atoms with Crippen LogP contribution in [0.1, 0.15) is 12.5 Å². The van der Waals surface area contributed by atoms with E-state index in [1.807, 2.05) is 47.9 Å². The van der Waals surface area contributed by atoms with Crippen molar-refractivity contribution >= 4 is 55.2 Å². The lowest BCUT2D eigenvalue weighted by Crippen LogP contribution is -2.15. The van der Waals surface area contributed by atoms with Crippen molar-refractivity contribution in [2.75, 3.05) is 11.1 Å². The number of nitrogens with one attached hydrogen (secondary N) is 1. The van der Waals surface area contributed by atoms with Crippen molar-refractivity contribution in [3.8, 4) is 11.4 Å². The van der Waals surface area contributed by atoms with Gasteiger partial charge in [0.2, 0.25) is 5.91 Å². The number of thioether (sulfide) groups is 1. The molecule has 140 valence electrons. The first-order chi connectivity index (χ1) is 13.0. The molecule has 0 saturated heterocycles. The van der Waals surface area contributed by atoms with Crippen LogP contribution < -0.4 is 5.32 Å². The fraction of sp³-hybridized carbons (Fsp3) is 0.211. The Kier molecular flexibility index (Phi) is 6.73. The number of anilines is 1. The fourth-order valence-electron chi connectivity index (χ4n) is 2.61. The van der Waals surface area contributed by atoms with Crippen LogP contribution in [0.3, 0.4) is 0 Å². The summed E-state index contributed by atoms with van der Waals surface area (Å²) in [5.74, 6) is 0.986. The van der Waals surface area contributed by atoms with Gasteiger partial charge in [0.1, 0.15) is 0 Å². The van der Waals surface area contributed by atoms with Crippen molar-refractivity contribution < 1.29 is 4.79 Å². The van der Waals surface area contributed by atoms with Crippen molar-refractivity contribution in [2.45, 2.75) is 25.5 Å². The molecule has 0 radical (unpaired) electrons. The summed E-state index contributed by atoms with van der Waals surface area (Å²) >= 11 is 8.24. The Labute approximate surface area is 179 Å². The van der Waals surface area contributed by atoms with Gasteiger partial charge in [0, 0.05) is 21.1 Å². The molecule has 0 saturated carbocycles. The van der Waals surface area contributed by atoms with Crippen LogP contribution >= 0.6 is 43.6 Å². The molecule has 0 bridgehead atoms. The van der Waals surface area contributed by atoms with Gasteiger partial charge in [0.25, 0.3) is 0 Å². The number of aromatic nitrogens is 3. The van der Waals surface area contributed by atoms with E-state index >= 15 is 0 Å².